The molecule has 0 aliphatic carbocycles. The lowest BCUT2D eigenvalue weighted by Gasteiger charge is -2.39. The normalized spacial score (nSPS) is 23.4. The zero-order valence-corrected chi connectivity index (χ0v) is 24.6. The number of fused-ring (bicyclic) bond motifs is 3. The fraction of sp³-hybridized carbons (Fsp3) is 0.303. The van der Waals surface area contributed by atoms with Gasteiger partial charge in [-0.05, 0) is 29.2 Å². The van der Waals surface area contributed by atoms with E-state index in [-0.39, 0.29) is 49.6 Å². The predicted octanol–water partition coefficient (Wildman–Crippen LogP) is 4.23. The summed E-state index contributed by atoms with van der Waals surface area (Å²) in [6.45, 7) is 5.90. The average Bonchev–Trinajstić information content (AvgIpc) is 3.59. The van der Waals surface area contributed by atoms with E-state index in [2.05, 4.69) is 40.0 Å². The van der Waals surface area contributed by atoms with Crippen molar-refractivity contribution in [1.29, 1.82) is 0 Å². The van der Waals surface area contributed by atoms with Gasteiger partial charge in [-0.3, -0.25) is 14.7 Å². The Balaban J connectivity index is 1.20. The molecule has 3 aliphatic heterocycles. The Bertz CT molecular complexity index is 1610. The number of benzene rings is 3. The molecule has 7 rings (SSSR count). The van der Waals surface area contributed by atoms with Crippen LogP contribution in [0, 0.1) is 0 Å². The van der Waals surface area contributed by atoms with Gasteiger partial charge in [-0.25, -0.2) is 9.78 Å². The molecule has 3 saturated heterocycles. The number of amides is 3. The summed E-state index contributed by atoms with van der Waals surface area (Å²) in [6, 6.07) is 25.9. The number of hydrogen-bond acceptors (Lipinski definition) is 7. The largest absolute Gasteiger partial charge is 0.351 e. The van der Waals surface area contributed by atoms with Crippen molar-refractivity contribution in [2.75, 3.05) is 19.6 Å². The smallest absolute Gasteiger partial charge is 0.332 e. The lowest BCUT2D eigenvalue weighted by Crippen LogP contribution is -2.58. The summed E-state index contributed by atoms with van der Waals surface area (Å²) in [5, 5.41) is 6.61. The summed E-state index contributed by atoms with van der Waals surface area (Å²) in [4.78, 5) is 36.3. The monoisotopic (exact) mass is 594 g/mol. The number of urea groups is 1. The highest BCUT2D eigenvalue weighted by molar-refractivity contribution is 7.16. The van der Waals surface area contributed by atoms with E-state index < -0.39 is 0 Å². The zero-order chi connectivity index (χ0) is 29.3. The maximum absolute atomic E-state index is 13.9. The van der Waals surface area contributed by atoms with Crippen molar-refractivity contribution in [3.63, 3.8) is 0 Å². The van der Waals surface area contributed by atoms with E-state index in [1.54, 1.807) is 22.4 Å². The summed E-state index contributed by atoms with van der Waals surface area (Å²) in [5.74, 6) is -0.00323. The minimum atomic E-state index is -0.347. The van der Waals surface area contributed by atoms with Gasteiger partial charge in [0.1, 0.15) is 18.5 Å². The number of hydrogen-bond donors (Lipinski definition) is 1. The van der Waals surface area contributed by atoms with E-state index in [1.165, 1.54) is 5.56 Å². The van der Waals surface area contributed by atoms with Gasteiger partial charge in [-0.2, -0.15) is 5.01 Å². The first-order valence-corrected chi connectivity index (χ1v) is 15.5. The second-order valence-electron chi connectivity index (χ2n) is 11.2. The van der Waals surface area contributed by atoms with Crippen molar-refractivity contribution in [3.05, 3.63) is 114 Å². The van der Waals surface area contributed by atoms with Crippen molar-refractivity contribution < 1.29 is 14.3 Å². The van der Waals surface area contributed by atoms with Crippen LogP contribution >= 0.6 is 11.3 Å². The van der Waals surface area contributed by atoms with Crippen LogP contribution in [-0.2, 0) is 29.0 Å². The topological polar surface area (TPSA) is 84.5 Å². The van der Waals surface area contributed by atoms with Crippen LogP contribution < -0.4 is 5.32 Å². The maximum Gasteiger partial charge on any atom is 0.332 e. The minimum Gasteiger partial charge on any atom is -0.351 e. The molecule has 10 heteroatoms. The minimum absolute atomic E-state index is 0.00323. The Morgan fingerprint density at radius 2 is 1.84 bits per heavy atom. The number of rotatable bonds is 9. The number of carbonyl (C=O) groups excluding carboxylic acids is 2. The molecule has 4 atom stereocenters. The Morgan fingerprint density at radius 3 is 2.60 bits per heavy atom. The molecule has 220 valence electrons. The van der Waals surface area contributed by atoms with Gasteiger partial charge >= 0.3 is 6.03 Å². The average molecular weight is 595 g/mol. The van der Waals surface area contributed by atoms with E-state index in [1.807, 2.05) is 76.1 Å². The molecule has 2 unspecified atom stereocenters. The van der Waals surface area contributed by atoms with Crippen molar-refractivity contribution in [2.45, 2.75) is 44.0 Å². The fourth-order valence-electron chi connectivity index (χ4n) is 6.44. The van der Waals surface area contributed by atoms with Crippen LogP contribution in [-0.4, -0.2) is 80.9 Å². The van der Waals surface area contributed by atoms with Crippen LogP contribution in [0.4, 0.5) is 4.79 Å². The predicted molar refractivity (Wildman–Crippen MR) is 166 cm³/mol. The molecule has 4 heterocycles. The number of epoxide rings is 1. The van der Waals surface area contributed by atoms with Crippen molar-refractivity contribution in [1.82, 2.24) is 30.1 Å². The SMILES string of the molecule is C=CCN(C(=O)NCc1ccccc1)N1CC(=O)N2[C@@H](Cc3ccccc3)C3OC3N(Cc3cccc4ncsc34)C[C@@H]21. The van der Waals surface area contributed by atoms with Gasteiger partial charge in [-0.1, -0.05) is 78.9 Å². The van der Waals surface area contributed by atoms with Gasteiger partial charge < -0.3 is 15.0 Å². The molecule has 1 N–H and O–H groups in total. The van der Waals surface area contributed by atoms with E-state index in [0.29, 0.717) is 26.1 Å². The van der Waals surface area contributed by atoms with Crippen LogP contribution in [0.25, 0.3) is 10.2 Å². The van der Waals surface area contributed by atoms with Crippen LogP contribution in [0.15, 0.2) is 97.0 Å². The third kappa shape index (κ3) is 5.54. The Kier molecular flexibility index (Phi) is 7.67. The third-order valence-corrected chi connectivity index (χ3v) is 9.40. The Morgan fingerprint density at radius 1 is 1.07 bits per heavy atom. The first-order valence-electron chi connectivity index (χ1n) is 14.6. The first kappa shape index (κ1) is 27.7. The summed E-state index contributed by atoms with van der Waals surface area (Å²) in [7, 11) is 0. The fourth-order valence-corrected chi connectivity index (χ4v) is 7.23. The molecule has 0 radical (unpaired) electrons. The van der Waals surface area contributed by atoms with Gasteiger partial charge in [0.2, 0.25) is 5.91 Å². The molecule has 0 saturated carbocycles. The van der Waals surface area contributed by atoms with Gasteiger partial charge in [0.25, 0.3) is 0 Å². The number of hydrazine groups is 1. The number of carbonyl (C=O) groups is 2. The van der Waals surface area contributed by atoms with Crippen LogP contribution in [0.3, 0.4) is 0 Å². The lowest BCUT2D eigenvalue weighted by atomic mass is 10.0. The van der Waals surface area contributed by atoms with E-state index in [4.69, 9.17) is 4.74 Å². The van der Waals surface area contributed by atoms with Gasteiger partial charge in [0.15, 0.2) is 0 Å². The molecule has 1 aromatic heterocycles. The Labute approximate surface area is 254 Å². The standard InChI is InChI=1S/C33H34N6O3S/c1-2-16-37(33(41)34-18-24-12-7-4-8-13-24)38-21-29(40)39-27(17-23-10-5-3-6-11-23)30-32(42-30)36(20-28(38)39)19-25-14-9-15-26-31(25)43-22-35-26/h2-15,22,27-28,30,32H,1,16-21H2,(H,34,41)/t27-,28+,30?,32?/m0/s1. The van der Waals surface area contributed by atoms with Crippen LogP contribution in [0.1, 0.15) is 16.7 Å². The number of aromatic nitrogens is 1. The van der Waals surface area contributed by atoms with Crippen molar-refractivity contribution in [2.24, 2.45) is 0 Å². The highest BCUT2D eigenvalue weighted by Crippen LogP contribution is 2.41. The lowest BCUT2D eigenvalue weighted by molar-refractivity contribution is -0.131. The molecule has 0 bridgehead atoms. The number of ether oxygens (including phenoxy) is 1. The maximum atomic E-state index is 13.9. The van der Waals surface area contributed by atoms with Gasteiger partial charge in [0, 0.05) is 19.6 Å². The first-order chi connectivity index (χ1) is 21.1. The van der Waals surface area contributed by atoms with Crippen LogP contribution in [0.5, 0.6) is 0 Å². The quantitative estimate of drug-likeness (QED) is 0.231. The highest BCUT2D eigenvalue weighted by Gasteiger charge is 2.59. The molecule has 0 spiro atoms. The number of thiazole rings is 1. The number of nitrogens with zero attached hydrogens (tertiary/aromatic N) is 5. The molecule has 4 aromatic rings. The molecule has 9 nitrogen and oxygen atoms in total. The molecule has 3 amide bonds. The van der Waals surface area contributed by atoms with Gasteiger partial charge in [0.05, 0.1) is 34.9 Å². The van der Waals surface area contributed by atoms with Crippen molar-refractivity contribution in [3.8, 4) is 0 Å². The molecular weight excluding hydrogens is 560 g/mol. The molecule has 3 aliphatic rings. The molecule has 43 heavy (non-hydrogen) atoms. The van der Waals surface area contributed by atoms with E-state index in [9.17, 15) is 9.59 Å². The van der Waals surface area contributed by atoms with Gasteiger partial charge in [-0.15, -0.1) is 17.9 Å². The highest BCUT2D eigenvalue weighted by atomic mass is 32.1. The summed E-state index contributed by atoms with van der Waals surface area (Å²) >= 11 is 1.64. The Hall–Kier alpha value is -4.09. The molecular formula is C33H34N6O3S. The molecule has 3 fully saturated rings. The van der Waals surface area contributed by atoms with Crippen LogP contribution in [0.2, 0.25) is 0 Å². The second kappa shape index (κ2) is 11.9. The second-order valence-corrected chi connectivity index (χ2v) is 12.0. The summed E-state index contributed by atoms with van der Waals surface area (Å²) < 4.78 is 7.51. The summed E-state index contributed by atoms with van der Waals surface area (Å²) in [5.41, 5.74) is 6.20. The molecule has 3 aromatic carbocycles. The zero-order valence-electron chi connectivity index (χ0n) is 23.8. The van der Waals surface area contributed by atoms with E-state index >= 15 is 0 Å². The van der Waals surface area contributed by atoms with E-state index in [0.717, 1.165) is 21.3 Å². The third-order valence-electron chi connectivity index (χ3n) is 8.48. The number of nitrogens with one attached hydrogen (secondary N) is 1. The van der Waals surface area contributed by atoms with Crippen molar-refractivity contribution >= 4 is 33.5 Å². The summed E-state index contributed by atoms with van der Waals surface area (Å²) in [6.07, 6.45) is 1.81.